The summed E-state index contributed by atoms with van der Waals surface area (Å²) < 4.78 is 5.32. The molecule has 2 rings (SSSR count). The van der Waals surface area contributed by atoms with Crippen LogP contribution in [0.5, 0.6) is 0 Å². The molecule has 98 valence electrons. The molecule has 2 nitrogen and oxygen atoms in total. The highest BCUT2D eigenvalue weighted by Gasteiger charge is 2.40. The van der Waals surface area contributed by atoms with E-state index in [9.17, 15) is 4.79 Å². The lowest BCUT2D eigenvalue weighted by molar-refractivity contribution is -0.141. The van der Waals surface area contributed by atoms with Gasteiger partial charge in [0.25, 0.3) is 0 Å². The third-order valence-electron chi connectivity index (χ3n) is 4.61. The van der Waals surface area contributed by atoms with E-state index >= 15 is 0 Å². The zero-order valence-corrected chi connectivity index (χ0v) is 11.1. The van der Waals surface area contributed by atoms with Crippen molar-refractivity contribution in [2.24, 2.45) is 17.8 Å². The molecule has 1 heterocycles. The third kappa shape index (κ3) is 3.23. The van der Waals surface area contributed by atoms with Gasteiger partial charge in [-0.15, -0.1) is 0 Å². The van der Waals surface area contributed by atoms with Crippen molar-refractivity contribution in [3.8, 4) is 0 Å². The van der Waals surface area contributed by atoms with Crippen LogP contribution in [0, 0.1) is 17.8 Å². The lowest BCUT2D eigenvalue weighted by Crippen LogP contribution is -2.25. The minimum atomic E-state index is 0.0941. The van der Waals surface area contributed by atoms with Crippen molar-refractivity contribution in [3.05, 3.63) is 0 Å². The second kappa shape index (κ2) is 6.42. The summed E-state index contributed by atoms with van der Waals surface area (Å²) in [5, 5.41) is 0. The van der Waals surface area contributed by atoms with Gasteiger partial charge in [-0.1, -0.05) is 58.3 Å². The molecule has 1 saturated heterocycles. The first-order chi connectivity index (χ1) is 8.33. The van der Waals surface area contributed by atoms with Gasteiger partial charge in [0.05, 0.1) is 12.5 Å². The zero-order chi connectivity index (χ0) is 12.1. The summed E-state index contributed by atoms with van der Waals surface area (Å²) in [4.78, 5) is 11.8. The van der Waals surface area contributed by atoms with Crippen molar-refractivity contribution >= 4 is 5.97 Å². The van der Waals surface area contributed by atoms with Gasteiger partial charge in [0.15, 0.2) is 0 Å². The number of carbonyl (C=O) groups excluding carboxylic acids is 1. The molecule has 0 aromatic heterocycles. The fraction of sp³-hybridized carbons (Fsp3) is 0.933. The molecule has 0 spiro atoms. The van der Waals surface area contributed by atoms with Gasteiger partial charge in [-0.05, 0) is 12.3 Å². The maximum absolute atomic E-state index is 11.8. The summed E-state index contributed by atoms with van der Waals surface area (Å²) in [6.45, 7) is 2.92. The van der Waals surface area contributed by atoms with Gasteiger partial charge in [-0.2, -0.15) is 0 Å². The van der Waals surface area contributed by atoms with E-state index in [4.69, 9.17) is 4.74 Å². The summed E-state index contributed by atoms with van der Waals surface area (Å²) in [5.41, 5.74) is 0. The van der Waals surface area contributed by atoms with Crippen LogP contribution in [0.3, 0.4) is 0 Å². The SMILES string of the molecule is CCCCC[C@H]1C(=O)OC[C@@H]1C1CCCCC1. The zero-order valence-electron chi connectivity index (χ0n) is 11.1. The molecule has 2 aliphatic rings. The van der Waals surface area contributed by atoms with E-state index in [1.807, 2.05) is 0 Å². The molecule has 0 aromatic rings. The Labute approximate surface area is 105 Å². The van der Waals surface area contributed by atoms with Crippen molar-refractivity contribution in [2.45, 2.75) is 64.7 Å². The Kier molecular flexibility index (Phi) is 4.87. The lowest BCUT2D eigenvalue weighted by Gasteiger charge is -2.28. The third-order valence-corrected chi connectivity index (χ3v) is 4.61. The molecule has 0 amide bonds. The van der Waals surface area contributed by atoms with Gasteiger partial charge >= 0.3 is 5.97 Å². The van der Waals surface area contributed by atoms with Gasteiger partial charge in [-0.25, -0.2) is 0 Å². The Morgan fingerprint density at radius 1 is 1.18 bits per heavy atom. The molecular weight excluding hydrogens is 212 g/mol. The van der Waals surface area contributed by atoms with Gasteiger partial charge in [0, 0.05) is 5.92 Å². The van der Waals surface area contributed by atoms with E-state index in [1.165, 1.54) is 51.4 Å². The second-order valence-corrected chi connectivity index (χ2v) is 5.79. The van der Waals surface area contributed by atoms with E-state index in [-0.39, 0.29) is 11.9 Å². The van der Waals surface area contributed by atoms with Crippen LogP contribution in [0.1, 0.15) is 64.7 Å². The second-order valence-electron chi connectivity index (χ2n) is 5.79. The molecular formula is C15H26O2. The van der Waals surface area contributed by atoms with E-state index < -0.39 is 0 Å². The average Bonchev–Trinajstić information content (AvgIpc) is 2.73. The largest absolute Gasteiger partial charge is 0.465 e. The fourth-order valence-corrected chi connectivity index (χ4v) is 3.55. The van der Waals surface area contributed by atoms with Crippen molar-refractivity contribution in [1.82, 2.24) is 0 Å². The predicted molar refractivity (Wildman–Crippen MR) is 68.7 cm³/mol. The number of hydrogen-bond donors (Lipinski definition) is 0. The molecule has 0 bridgehead atoms. The molecule has 0 N–H and O–H groups in total. The van der Waals surface area contributed by atoms with Crippen LogP contribution in [0.25, 0.3) is 0 Å². The van der Waals surface area contributed by atoms with E-state index in [0.717, 1.165) is 12.3 Å². The molecule has 2 heteroatoms. The molecule has 1 saturated carbocycles. The maximum Gasteiger partial charge on any atom is 0.309 e. The smallest absolute Gasteiger partial charge is 0.309 e. The van der Waals surface area contributed by atoms with Crippen LogP contribution in [-0.4, -0.2) is 12.6 Å². The van der Waals surface area contributed by atoms with E-state index in [1.54, 1.807) is 0 Å². The van der Waals surface area contributed by atoms with Crippen LogP contribution in [0.4, 0.5) is 0 Å². The molecule has 0 aromatic carbocycles. The van der Waals surface area contributed by atoms with Crippen LogP contribution < -0.4 is 0 Å². The van der Waals surface area contributed by atoms with Crippen molar-refractivity contribution in [1.29, 1.82) is 0 Å². The number of carbonyl (C=O) groups is 1. The normalized spacial score (nSPS) is 30.5. The first-order valence-electron chi connectivity index (χ1n) is 7.49. The summed E-state index contributed by atoms with van der Waals surface area (Å²) >= 11 is 0. The highest BCUT2D eigenvalue weighted by atomic mass is 16.5. The van der Waals surface area contributed by atoms with Gasteiger partial charge in [0.2, 0.25) is 0 Å². The number of ether oxygens (including phenoxy) is 1. The van der Waals surface area contributed by atoms with Crippen molar-refractivity contribution < 1.29 is 9.53 Å². The monoisotopic (exact) mass is 238 g/mol. The van der Waals surface area contributed by atoms with Gasteiger partial charge in [0.1, 0.15) is 0 Å². The Bertz CT molecular complexity index is 243. The molecule has 0 unspecified atom stereocenters. The Morgan fingerprint density at radius 3 is 2.65 bits per heavy atom. The first-order valence-corrected chi connectivity index (χ1v) is 7.49. The number of esters is 1. The van der Waals surface area contributed by atoms with E-state index in [0.29, 0.717) is 12.5 Å². The summed E-state index contributed by atoms with van der Waals surface area (Å²) in [5.74, 6) is 1.63. The van der Waals surface area contributed by atoms with E-state index in [2.05, 4.69) is 6.92 Å². The molecule has 0 radical (unpaired) electrons. The Hall–Kier alpha value is -0.530. The van der Waals surface area contributed by atoms with Gasteiger partial charge < -0.3 is 4.74 Å². The minimum Gasteiger partial charge on any atom is -0.465 e. The summed E-state index contributed by atoms with van der Waals surface area (Å²) in [7, 11) is 0. The molecule has 2 fully saturated rings. The fourth-order valence-electron chi connectivity index (χ4n) is 3.55. The summed E-state index contributed by atoms with van der Waals surface area (Å²) in [6.07, 6.45) is 11.5. The topological polar surface area (TPSA) is 26.3 Å². The maximum atomic E-state index is 11.8. The van der Waals surface area contributed by atoms with Crippen LogP contribution in [-0.2, 0) is 9.53 Å². The summed E-state index contributed by atoms with van der Waals surface area (Å²) in [6, 6.07) is 0. The average molecular weight is 238 g/mol. The standard InChI is InChI=1S/C15H26O2/c1-2-3-5-10-13-14(11-17-15(13)16)12-8-6-4-7-9-12/h12-14H,2-11H2,1H3/t13-,14-/m1/s1. The number of hydrogen-bond acceptors (Lipinski definition) is 2. The number of rotatable bonds is 5. The Morgan fingerprint density at radius 2 is 1.94 bits per heavy atom. The van der Waals surface area contributed by atoms with Gasteiger partial charge in [-0.3, -0.25) is 4.79 Å². The highest BCUT2D eigenvalue weighted by Crippen LogP contribution is 2.39. The number of cyclic esters (lactones) is 1. The van der Waals surface area contributed by atoms with Crippen molar-refractivity contribution in [3.63, 3.8) is 0 Å². The van der Waals surface area contributed by atoms with Crippen LogP contribution >= 0.6 is 0 Å². The molecule has 1 aliphatic heterocycles. The Balaban J connectivity index is 1.87. The van der Waals surface area contributed by atoms with Crippen LogP contribution in [0.15, 0.2) is 0 Å². The highest BCUT2D eigenvalue weighted by molar-refractivity contribution is 5.74. The first kappa shape index (κ1) is 12.9. The number of unbranched alkanes of at least 4 members (excludes halogenated alkanes) is 2. The lowest BCUT2D eigenvalue weighted by atomic mass is 9.74. The molecule has 17 heavy (non-hydrogen) atoms. The quantitative estimate of drug-likeness (QED) is 0.535. The van der Waals surface area contributed by atoms with Crippen molar-refractivity contribution in [2.75, 3.05) is 6.61 Å². The van der Waals surface area contributed by atoms with Crippen LogP contribution in [0.2, 0.25) is 0 Å². The predicted octanol–water partition coefficient (Wildman–Crippen LogP) is 3.94. The molecule has 1 aliphatic carbocycles. The molecule has 2 atom stereocenters. The minimum absolute atomic E-state index is 0.0941.